The maximum Gasteiger partial charge on any atom is 0.0484 e. The second-order valence-corrected chi connectivity index (χ2v) is 7.58. The molecular formula is C22H27N3. The summed E-state index contributed by atoms with van der Waals surface area (Å²) in [6, 6.07) is 15.6. The first kappa shape index (κ1) is 16.4. The maximum absolute atomic E-state index is 5.84. The summed E-state index contributed by atoms with van der Waals surface area (Å²) in [6.45, 7) is 6.07. The van der Waals surface area contributed by atoms with Gasteiger partial charge in [-0.1, -0.05) is 37.3 Å². The summed E-state index contributed by atoms with van der Waals surface area (Å²) in [5.41, 5.74) is 13.0. The number of aryl methyl sites for hydroxylation is 1. The molecule has 0 spiro atoms. The lowest BCUT2D eigenvalue weighted by Crippen LogP contribution is -2.15. The third-order valence-electron chi connectivity index (χ3n) is 5.40. The minimum Gasteiger partial charge on any atom is -0.350 e. The van der Waals surface area contributed by atoms with E-state index in [0.717, 1.165) is 32.6 Å². The highest BCUT2D eigenvalue weighted by Gasteiger charge is 2.21. The van der Waals surface area contributed by atoms with Crippen molar-refractivity contribution in [1.82, 2.24) is 9.47 Å². The number of aromatic nitrogens is 1. The summed E-state index contributed by atoms with van der Waals surface area (Å²) in [4.78, 5) is 2.53. The van der Waals surface area contributed by atoms with Gasteiger partial charge in [0.2, 0.25) is 0 Å². The standard InChI is InChI=1S/C22H27N3/c1-16(11-23)8-20-13-24(2)22-10-19-15-25(14-18(19)9-21(20)22)12-17-6-4-3-5-7-17/h3-7,9-10,13,16H,8,11-12,14-15,23H2,1-2H3. The minimum atomic E-state index is 0.522. The van der Waals surface area contributed by atoms with Crippen LogP contribution >= 0.6 is 0 Å². The molecule has 1 aliphatic heterocycles. The fraction of sp³-hybridized carbons (Fsp3) is 0.364. The predicted octanol–water partition coefficient (Wildman–Crippen LogP) is 3.83. The molecule has 0 saturated carbocycles. The quantitative estimate of drug-likeness (QED) is 0.770. The van der Waals surface area contributed by atoms with Crippen molar-refractivity contribution in [2.75, 3.05) is 6.54 Å². The second-order valence-electron chi connectivity index (χ2n) is 7.58. The molecule has 1 aromatic heterocycles. The van der Waals surface area contributed by atoms with E-state index in [0.29, 0.717) is 5.92 Å². The Morgan fingerprint density at radius 1 is 1.08 bits per heavy atom. The Morgan fingerprint density at radius 3 is 2.52 bits per heavy atom. The lowest BCUT2D eigenvalue weighted by molar-refractivity contribution is 0.275. The van der Waals surface area contributed by atoms with E-state index in [2.05, 4.69) is 72.1 Å². The molecule has 0 saturated heterocycles. The summed E-state index contributed by atoms with van der Waals surface area (Å²) in [6.07, 6.45) is 3.34. The van der Waals surface area contributed by atoms with Gasteiger partial charge in [-0.2, -0.15) is 0 Å². The zero-order valence-electron chi connectivity index (χ0n) is 15.2. The molecule has 0 fully saturated rings. The second kappa shape index (κ2) is 6.66. The Hall–Kier alpha value is -2.10. The van der Waals surface area contributed by atoms with E-state index in [1.54, 1.807) is 0 Å². The zero-order chi connectivity index (χ0) is 17.4. The number of nitrogens with two attached hydrogens (primary N) is 1. The molecule has 0 amide bonds. The Balaban J connectivity index is 1.61. The van der Waals surface area contributed by atoms with Gasteiger partial charge in [0.1, 0.15) is 0 Å². The number of nitrogens with zero attached hydrogens (tertiary/aromatic N) is 2. The van der Waals surface area contributed by atoms with Crippen molar-refractivity contribution in [3.8, 4) is 0 Å². The maximum atomic E-state index is 5.84. The molecule has 3 heteroatoms. The highest BCUT2D eigenvalue weighted by atomic mass is 15.1. The zero-order valence-corrected chi connectivity index (χ0v) is 15.2. The fourth-order valence-corrected chi connectivity index (χ4v) is 4.01. The molecular weight excluding hydrogens is 306 g/mol. The van der Waals surface area contributed by atoms with Crippen LogP contribution in [-0.2, 0) is 33.1 Å². The molecule has 1 unspecified atom stereocenters. The van der Waals surface area contributed by atoms with Crippen LogP contribution < -0.4 is 5.73 Å². The van der Waals surface area contributed by atoms with Crippen LogP contribution in [-0.4, -0.2) is 16.0 Å². The molecule has 0 bridgehead atoms. The first-order valence-electron chi connectivity index (χ1n) is 9.20. The average Bonchev–Trinajstić information content (AvgIpc) is 3.14. The minimum absolute atomic E-state index is 0.522. The molecule has 1 aliphatic rings. The van der Waals surface area contributed by atoms with Crippen molar-refractivity contribution in [2.45, 2.75) is 33.0 Å². The van der Waals surface area contributed by atoms with Crippen LogP contribution in [0.15, 0.2) is 48.7 Å². The van der Waals surface area contributed by atoms with Crippen molar-refractivity contribution in [1.29, 1.82) is 0 Å². The molecule has 0 aliphatic carbocycles. The van der Waals surface area contributed by atoms with E-state index in [1.807, 2.05) is 0 Å². The molecule has 4 rings (SSSR count). The van der Waals surface area contributed by atoms with Crippen molar-refractivity contribution in [2.24, 2.45) is 18.7 Å². The van der Waals surface area contributed by atoms with Crippen LogP contribution in [0.4, 0.5) is 0 Å². The summed E-state index contributed by atoms with van der Waals surface area (Å²) < 4.78 is 2.27. The van der Waals surface area contributed by atoms with Gasteiger partial charge in [-0.05, 0) is 53.3 Å². The van der Waals surface area contributed by atoms with Gasteiger partial charge in [0.25, 0.3) is 0 Å². The molecule has 0 radical (unpaired) electrons. The van der Waals surface area contributed by atoms with Crippen LogP contribution in [0.1, 0.15) is 29.2 Å². The Kier molecular flexibility index (Phi) is 4.36. The number of benzene rings is 2. The van der Waals surface area contributed by atoms with Gasteiger partial charge >= 0.3 is 0 Å². The van der Waals surface area contributed by atoms with Crippen molar-refractivity contribution < 1.29 is 0 Å². The van der Waals surface area contributed by atoms with E-state index in [4.69, 9.17) is 5.73 Å². The Labute approximate surface area is 150 Å². The van der Waals surface area contributed by atoms with Crippen molar-refractivity contribution in [3.05, 3.63) is 70.9 Å². The number of hydrogen-bond acceptors (Lipinski definition) is 2. The van der Waals surface area contributed by atoms with Gasteiger partial charge in [0, 0.05) is 43.8 Å². The lowest BCUT2D eigenvalue weighted by Gasteiger charge is -2.14. The van der Waals surface area contributed by atoms with E-state index in [1.165, 1.54) is 33.2 Å². The molecule has 3 nitrogen and oxygen atoms in total. The molecule has 25 heavy (non-hydrogen) atoms. The van der Waals surface area contributed by atoms with Crippen LogP contribution in [0.5, 0.6) is 0 Å². The Bertz CT molecular complexity index is 879. The van der Waals surface area contributed by atoms with Crippen LogP contribution in [0, 0.1) is 5.92 Å². The largest absolute Gasteiger partial charge is 0.350 e. The average molecular weight is 333 g/mol. The van der Waals surface area contributed by atoms with Crippen molar-refractivity contribution in [3.63, 3.8) is 0 Å². The van der Waals surface area contributed by atoms with Gasteiger partial charge in [0.05, 0.1) is 0 Å². The summed E-state index contributed by atoms with van der Waals surface area (Å²) >= 11 is 0. The highest BCUT2D eigenvalue weighted by molar-refractivity contribution is 5.86. The highest BCUT2D eigenvalue weighted by Crippen LogP contribution is 2.32. The van der Waals surface area contributed by atoms with Gasteiger partial charge < -0.3 is 10.3 Å². The smallest absolute Gasteiger partial charge is 0.0484 e. The van der Waals surface area contributed by atoms with E-state index < -0.39 is 0 Å². The third kappa shape index (κ3) is 3.22. The van der Waals surface area contributed by atoms with Gasteiger partial charge in [-0.15, -0.1) is 0 Å². The topological polar surface area (TPSA) is 34.2 Å². The molecule has 3 aromatic rings. The Morgan fingerprint density at radius 2 is 1.80 bits per heavy atom. The van der Waals surface area contributed by atoms with Gasteiger partial charge in [-0.25, -0.2) is 0 Å². The van der Waals surface area contributed by atoms with Crippen LogP contribution in [0.2, 0.25) is 0 Å². The molecule has 2 heterocycles. The SMILES string of the molecule is CC(CN)Cc1cn(C)c2cc3c(cc12)CN(Cc1ccccc1)C3. The van der Waals surface area contributed by atoms with Gasteiger partial charge in [-0.3, -0.25) is 4.90 Å². The number of hydrogen-bond donors (Lipinski definition) is 1. The van der Waals surface area contributed by atoms with Gasteiger partial charge in [0.15, 0.2) is 0 Å². The van der Waals surface area contributed by atoms with Crippen LogP contribution in [0.25, 0.3) is 10.9 Å². The molecule has 2 N–H and O–H groups in total. The molecule has 2 aromatic carbocycles. The summed E-state index contributed by atoms with van der Waals surface area (Å²) in [5.74, 6) is 0.522. The monoisotopic (exact) mass is 333 g/mol. The first-order chi connectivity index (χ1) is 12.1. The van der Waals surface area contributed by atoms with E-state index >= 15 is 0 Å². The van der Waals surface area contributed by atoms with E-state index in [-0.39, 0.29) is 0 Å². The summed E-state index contributed by atoms with van der Waals surface area (Å²) in [5, 5.41) is 1.41. The van der Waals surface area contributed by atoms with E-state index in [9.17, 15) is 0 Å². The van der Waals surface area contributed by atoms with Crippen LogP contribution in [0.3, 0.4) is 0 Å². The molecule has 130 valence electrons. The summed E-state index contributed by atoms with van der Waals surface area (Å²) in [7, 11) is 2.15. The lowest BCUT2D eigenvalue weighted by atomic mass is 9.99. The normalized spacial score (nSPS) is 15.6. The fourth-order valence-electron chi connectivity index (χ4n) is 4.01. The molecule has 1 atom stereocenters. The predicted molar refractivity (Wildman–Crippen MR) is 104 cm³/mol. The first-order valence-corrected chi connectivity index (χ1v) is 9.20. The number of rotatable bonds is 5. The number of fused-ring (bicyclic) bond motifs is 2. The van der Waals surface area contributed by atoms with Crippen molar-refractivity contribution >= 4 is 10.9 Å². The third-order valence-corrected chi connectivity index (χ3v) is 5.40.